The van der Waals surface area contributed by atoms with E-state index in [0.29, 0.717) is 12.0 Å². The molecule has 1 unspecified atom stereocenters. The summed E-state index contributed by atoms with van der Waals surface area (Å²) >= 11 is 0. The molecule has 0 saturated heterocycles. The molecule has 0 aliphatic heterocycles. The smallest absolute Gasteiger partial charge is 0.261 e. The van der Waals surface area contributed by atoms with E-state index in [4.69, 9.17) is 0 Å². The summed E-state index contributed by atoms with van der Waals surface area (Å²) < 4.78 is 0. The summed E-state index contributed by atoms with van der Waals surface area (Å²) in [7, 11) is 0. The predicted octanol–water partition coefficient (Wildman–Crippen LogP) is 2.31. The number of rotatable bonds is 3. The third-order valence-electron chi connectivity index (χ3n) is 3.07. The van der Waals surface area contributed by atoms with Gasteiger partial charge in [0, 0.05) is 5.56 Å². The van der Waals surface area contributed by atoms with E-state index in [1.807, 2.05) is 37.3 Å². The molecule has 0 N–H and O–H groups in total. The zero-order chi connectivity index (χ0) is 12.3. The summed E-state index contributed by atoms with van der Waals surface area (Å²) in [5.41, 5.74) is 1.49. The molecule has 3 heteroatoms. The minimum Gasteiger partial charge on any atom is -0.278 e. The second-order valence-electron chi connectivity index (χ2n) is 4.21. The van der Waals surface area contributed by atoms with Crippen molar-refractivity contribution in [1.82, 2.24) is 4.90 Å². The quantitative estimate of drug-likeness (QED) is 0.589. The fraction of sp³-hybridized carbons (Fsp3) is 0.286. The Balaban J connectivity index is 2.26. The number of carbonyl (C=O) groups is 2. The Morgan fingerprint density at radius 2 is 2.18 bits per heavy atom. The summed E-state index contributed by atoms with van der Waals surface area (Å²) in [6.45, 7) is 1.88. The van der Waals surface area contributed by atoms with Crippen LogP contribution >= 0.6 is 0 Å². The zero-order valence-electron chi connectivity index (χ0n) is 9.80. The largest absolute Gasteiger partial charge is 0.278 e. The molecule has 0 radical (unpaired) electrons. The van der Waals surface area contributed by atoms with E-state index in [0.717, 1.165) is 18.4 Å². The number of benzene rings is 1. The maximum absolute atomic E-state index is 12.2. The molecule has 1 aliphatic carbocycles. The zero-order valence-corrected chi connectivity index (χ0v) is 9.80. The maximum Gasteiger partial charge on any atom is 0.261 e. The molecule has 0 saturated carbocycles. The van der Waals surface area contributed by atoms with Crippen LogP contribution in [0.3, 0.4) is 0 Å². The SMILES string of the molecule is Cc1ccccc1C(=O)N(C=O)C1C=CCC1. The number of amides is 2. The van der Waals surface area contributed by atoms with Gasteiger partial charge in [-0.05, 0) is 31.4 Å². The molecule has 0 bridgehead atoms. The van der Waals surface area contributed by atoms with Gasteiger partial charge in [0.2, 0.25) is 6.41 Å². The second kappa shape index (κ2) is 4.95. The van der Waals surface area contributed by atoms with Gasteiger partial charge in [-0.1, -0.05) is 30.4 Å². The van der Waals surface area contributed by atoms with Crippen molar-refractivity contribution >= 4 is 12.3 Å². The van der Waals surface area contributed by atoms with Crippen LogP contribution < -0.4 is 0 Å². The van der Waals surface area contributed by atoms with E-state index < -0.39 is 0 Å². The Morgan fingerprint density at radius 1 is 1.41 bits per heavy atom. The van der Waals surface area contributed by atoms with E-state index in [1.54, 1.807) is 6.07 Å². The van der Waals surface area contributed by atoms with Gasteiger partial charge < -0.3 is 0 Å². The first kappa shape index (κ1) is 11.6. The maximum atomic E-state index is 12.2. The standard InChI is InChI=1S/C14H15NO2/c1-11-6-2-5-9-13(11)14(17)15(10-16)12-7-3-4-8-12/h2-3,5-7,9-10,12H,4,8H2,1H3. The van der Waals surface area contributed by atoms with Gasteiger partial charge >= 0.3 is 0 Å². The first-order valence-electron chi connectivity index (χ1n) is 5.74. The highest BCUT2D eigenvalue weighted by Gasteiger charge is 2.24. The van der Waals surface area contributed by atoms with Crippen molar-refractivity contribution in [2.45, 2.75) is 25.8 Å². The molecule has 1 aliphatic rings. The lowest BCUT2D eigenvalue weighted by Gasteiger charge is -2.22. The lowest BCUT2D eigenvalue weighted by atomic mass is 10.1. The monoisotopic (exact) mass is 229 g/mol. The Bertz CT molecular complexity index is 465. The van der Waals surface area contributed by atoms with Crippen molar-refractivity contribution in [2.75, 3.05) is 0 Å². The number of aryl methyl sites for hydroxylation is 1. The fourth-order valence-corrected chi connectivity index (χ4v) is 2.08. The molecule has 0 spiro atoms. The van der Waals surface area contributed by atoms with Crippen LogP contribution in [0.25, 0.3) is 0 Å². The normalized spacial score (nSPS) is 18.1. The topological polar surface area (TPSA) is 37.4 Å². The third kappa shape index (κ3) is 2.28. The van der Waals surface area contributed by atoms with Crippen LogP contribution in [0.5, 0.6) is 0 Å². The van der Waals surface area contributed by atoms with E-state index in [-0.39, 0.29) is 11.9 Å². The molecule has 1 aromatic rings. The molecule has 1 aromatic carbocycles. The predicted molar refractivity (Wildman–Crippen MR) is 65.6 cm³/mol. The van der Waals surface area contributed by atoms with Crippen LogP contribution in [0, 0.1) is 6.92 Å². The molecule has 17 heavy (non-hydrogen) atoms. The van der Waals surface area contributed by atoms with Crippen LogP contribution in [0.2, 0.25) is 0 Å². The minimum absolute atomic E-state index is 0.0837. The number of allylic oxidation sites excluding steroid dienone is 1. The van der Waals surface area contributed by atoms with Gasteiger partial charge in [-0.2, -0.15) is 0 Å². The van der Waals surface area contributed by atoms with E-state index >= 15 is 0 Å². The van der Waals surface area contributed by atoms with Crippen molar-refractivity contribution in [2.24, 2.45) is 0 Å². The fourth-order valence-electron chi connectivity index (χ4n) is 2.08. The van der Waals surface area contributed by atoms with Gasteiger partial charge in [-0.15, -0.1) is 0 Å². The third-order valence-corrected chi connectivity index (χ3v) is 3.07. The molecule has 3 nitrogen and oxygen atoms in total. The lowest BCUT2D eigenvalue weighted by molar-refractivity contribution is -0.116. The first-order valence-corrected chi connectivity index (χ1v) is 5.74. The van der Waals surface area contributed by atoms with Crippen molar-refractivity contribution in [3.8, 4) is 0 Å². The average Bonchev–Trinajstić information content (AvgIpc) is 2.84. The molecular formula is C14H15NO2. The Hall–Kier alpha value is -1.90. The van der Waals surface area contributed by atoms with Crippen molar-refractivity contribution in [3.63, 3.8) is 0 Å². The van der Waals surface area contributed by atoms with Crippen LogP contribution in [0.4, 0.5) is 0 Å². The Labute approximate surface area is 101 Å². The van der Waals surface area contributed by atoms with Crippen molar-refractivity contribution in [1.29, 1.82) is 0 Å². The Kier molecular flexibility index (Phi) is 3.38. The number of carbonyl (C=O) groups excluding carboxylic acids is 2. The summed E-state index contributed by atoms with van der Waals surface area (Å²) in [6, 6.07) is 7.24. The van der Waals surface area contributed by atoms with Gasteiger partial charge in [0.15, 0.2) is 0 Å². The van der Waals surface area contributed by atoms with Gasteiger partial charge in [-0.25, -0.2) is 0 Å². The Morgan fingerprint density at radius 3 is 2.76 bits per heavy atom. The summed E-state index contributed by atoms with van der Waals surface area (Å²) in [5.74, 6) is -0.213. The lowest BCUT2D eigenvalue weighted by Crippen LogP contribution is -2.37. The van der Waals surface area contributed by atoms with Gasteiger partial charge in [0.25, 0.3) is 5.91 Å². The van der Waals surface area contributed by atoms with Crippen LogP contribution in [-0.4, -0.2) is 23.3 Å². The van der Waals surface area contributed by atoms with Crippen LogP contribution in [-0.2, 0) is 4.79 Å². The van der Waals surface area contributed by atoms with E-state index in [9.17, 15) is 9.59 Å². The summed E-state index contributed by atoms with van der Waals surface area (Å²) in [6.07, 6.45) is 6.32. The molecular weight excluding hydrogens is 214 g/mol. The molecule has 2 rings (SSSR count). The highest BCUT2D eigenvalue weighted by Crippen LogP contribution is 2.18. The summed E-state index contributed by atoms with van der Waals surface area (Å²) in [4.78, 5) is 24.6. The van der Waals surface area contributed by atoms with Gasteiger partial charge in [0.1, 0.15) is 0 Å². The highest BCUT2D eigenvalue weighted by atomic mass is 16.2. The average molecular weight is 229 g/mol. The second-order valence-corrected chi connectivity index (χ2v) is 4.21. The molecule has 2 amide bonds. The molecule has 0 heterocycles. The number of nitrogens with zero attached hydrogens (tertiary/aromatic N) is 1. The molecule has 88 valence electrons. The van der Waals surface area contributed by atoms with Gasteiger partial charge in [0.05, 0.1) is 6.04 Å². The number of hydrogen-bond donors (Lipinski definition) is 0. The van der Waals surface area contributed by atoms with E-state index in [1.165, 1.54) is 4.90 Å². The molecule has 0 fully saturated rings. The van der Waals surface area contributed by atoms with E-state index in [2.05, 4.69) is 0 Å². The minimum atomic E-state index is -0.213. The van der Waals surface area contributed by atoms with Crippen molar-refractivity contribution in [3.05, 3.63) is 47.5 Å². The summed E-state index contributed by atoms with van der Waals surface area (Å²) in [5, 5.41) is 0. The van der Waals surface area contributed by atoms with Gasteiger partial charge in [-0.3, -0.25) is 14.5 Å². The number of imide groups is 1. The molecule has 1 atom stereocenters. The van der Waals surface area contributed by atoms with Crippen LogP contribution in [0.15, 0.2) is 36.4 Å². The molecule has 0 aromatic heterocycles. The highest BCUT2D eigenvalue weighted by molar-refractivity contribution is 6.01. The van der Waals surface area contributed by atoms with Crippen LogP contribution in [0.1, 0.15) is 28.8 Å². The first-order chi connectivity index (χ1) is 8.24. The van der Waals surface area contributed by atoms with Crippen molar-refractivity contribution < 1.29 is 9.59 Å². The number of hydrogen-bond acceptors (Lipinski definition) is 2.